The molecule has 8 heteroatoms. The van der Waals surface area contributed by atoms with Gasteiger partial charge in [-0.3, -0.25) is 15.2 Å². The quantitative estimate of drug-likeness (QED) is 0.844. The first-order chi connectivity index (χ1) is 12.1. The highest BCUT2D eigenvalue weighted by Crippen LogP contribution is 2.30. The Labute approximate surface area is 146 Å². The zero-order valence-corrected chi connectivity index (χ0v) is 13.5. The fourth-order valence-corrected chi connectivity index (χ4v) is 3.23. The maximum absolute atomic E-state index is 13.0. The van der Waals surface area contributed by atoms with Gasteiger partial charge in [0.25, 0.3) is 5.91 Å². The van der Waals surface area contributed by atoms with Crippen molar-refractivity contribution in [1.82, 2.24) is 9.99 Å². The van der Waals surface area contributed by atoms with E-state index in [0.29, 0.717) is 15.8 Å². The molecular formula is C17H10FN5OS. The average Bonchev–Trinajstić information content (AvgIpc) is 3.05. The molecule has 6 nitrogen and oxygen atoms in total. The summed E-state index contributed by atoms with van der Waals surface area (Å²) in [5.74, 6) is -0.940. The van der Waals surface area contributed by atoms with Crippen molar-refractivity contribution in [3.8, 4) is 0 Å². The number of pyridine rings is 1. The van der Waals surface area contributed by atoms with Gasteiger partial charge in [-0.1, -0.05) is 12.1 Å². The van der Waals surface area contributed by atoms with Crippen LogP contribution in [0, 0.1) is 11.2 Å². The van der Waals surface area contributed by atoms with Crippen LogP contribution in [0.3, 0.4) is 0 Å². The third-order valence-electron chi connectivity index (χ3n) is 3.56. The summed E-state index contributed by atoms with van der Waals surface area (Å²) in [6.07, 6.45) is 4.80. The largest absolute Gasteiger partial charge is 0.283 e. The van der Waals surface area contributed by atoms with Gasteiger partial charge >= 0.3 is 0 Å². The highest BCUT2D eigenvalue weighted by molar-refractivity contribution is 8.27. The summed E-state index contributed by atoms with van der Waals surface area (Å²) in [6, 6.07) is 9.25. The predicted molar refractivity (Wildman–Crippen MR) is 94.7 cm³/mol. The van der Waals surface area contributed by atoms with E-state index in [-0.39, 0.29) is 17.2 Å². The minimum Gasteiger partial charge on any atom is -0.282 e. The number of fused-ring (bicyclic) bond motifs is 1. The van der Waals surface area contributed by atoms with Crippen molar-refractivity contribution >= 4 is 39.8 Å². The van der Waals surface area contributed by atoms with Gasteiger partial charge in [0.2, 0.25) is 5.17 Å². The lowest BCUT2D eigenvalue weighted by molar-refractivity contribution is -0.114. The Hall–Kier alpha value is -3.13. The van der Waals surface area contributed by atoms with Crippen LogP contribution in [0.4, 0.5) is 4.39 Å². The van der Waals surface area contributed by atoms with Crippen molar-refractivity contribution in [3.63, 3.8) is 0 Å². The molecular weight excluding hydrogens is 341 g/mol. The SMILES string of the molecule is N=C1/C(=C/c2ccc(F)cc2)C(=O)N=C2SC(c3ccncc3)=NN12. The molecule has 0 spiro atoms. The second kappa shape index (κ2) is 6.06. The number of amides is 1. The van der Waals surface area contributed by atoms with Gasteiger partial charge < -0.3 is 0 Å². The van der Waals surface area contributed by atoms with E-state index in [1.165, 1.54) is 47.1 Å². The van der Waals surface area contributed by atoms with Gasteiger partial charge in [-0.25, -0.2) is 4.39 Å². The average molecular weight is 351 g/mol. The molecule has 3 heterocycles. The monoisotopic (exact) mass is 351 g/mol. The summed E-state index contributed by atoms with van der Waals surface area (Å²) in [7, 11) is 0. The van der Waals surface area contributed by atoms with Crippen LogP contribution in [0.1, 0.15) is 11.1 Å². The van der Waals surface area contributed by atoms with E-state index < -0.39 is 5.91 Å². The van der Waals surface area contributed by atoms with Crippen LogP contribution >= 0.6 is 11.8 Å². The van der Waals surface area contributed by atoms with Crippen molar-refractivity contribution in [1.29, 1.82) is 5.41 Å². The number of hydrogen-bond donors (Lipinski definition) is 1. The Morgan fingerprint density at radius 3 is 2.56 bits per heavy atom. The Morgan fingerprint density at radius 2 is 1.84 bits per heavy atom. The maximum atomic E-state index is 13.0. The number of nitrogens with one attached hydrogen (secondary N) is 1. The lowest BCUT2D eigenvalue weighted by Gasteiger charge is -2.20. The normalized spacial score (nSPS) is 18.3. The Kier molecular flexibility index (Phi) is 3.73. The third-order valence-corrected chi connectivity index (χ3v) is 4.52. The molecule has 2 aliphatic rings. The predicted octanol–water partition coefficient (Wildman–Crippen LogP) is 2.89. The number of aliphatic imine (C=N–C) groups is 1. The highest BCUT2D eigenvalue weighted by Gasteiger charge is 2.35. The number of amidine groups is 2. The van der Waals surface area contributed by atoms with Crippen LogP contribution in [0.15, 0.2) is 64.5 Å². The van der Waals surface area contributed by atoms with Gasteiger partial charge in [-0.15, -0.1) is 0 Å². The number of halogens is 1. The smallest absolute Gasteiger partial charge is 0.282 e. The van der Waals surface area contributed by atoms with Crippen LogP contribution in [0.5, 0.6) is 0 Å². The van der Waals surface area contributed by atoms with E-state index in [4.69, 9.17) is 5.41 Å². The van der Waals surface area contributed by atoms with Crippen LogP contribution in [0.25, 0.3) is 6.08 Å². The number of carbonyl (C=O) groups excluding carboxylic acids is 1. The van der Waals surface area contributed by atoms with Crippen LogP contribution in [0.2, 0.25) is 0 Å². The van der Waals surface area contributed by atoms with Crippen molar-refractivity contribution in [3.05, 3.63) is 71.3 Å². The van der Waals surface area contributed by atoms with E-state index in [0.717, 1.165) is 5.56 Å². The lowest BCUT2D eigenvalue weighted by Crippen LogP contribution is -2.35. The second-order valence-electron chi connectivity index (χ2n) is 5.21. The second-order valence-corrected chi connectivity index (χ2v) is 6.17. The maximum Gasteiger partial charge on any atom is 0.283 e. The number of aromatic nitrogens is 1. The minimum atomic E-state index is -0.515. The van der Waals surface area contributed by atoms with Gasteiger partial charge in [-0.2, -0.15) is 15.1 Å². The summed E-state index contributed by atoms with van der Waals surface area (Å²) < 4.78 is 13.0. The fraction of sp³-hybridized carbons (Fsp3) is 0. The number of thioether (sulfide) groups is 1. The molecule has 1 N–H and O–H groups in total. The summed E-state index contributed by atoms with van der Waals surface area (Å²) >= 11 is 1.23. The van der Waals surface area contributed by atoms with Gasteiger partial charge in [0.1, 0.15) is 10.9 Å². The number of nitrogens with zero attached hydrogens (tertiary/aromatic N) is 4. The first-order valence-electron chi connectivity index (χ1n) is 7.28. The molecule has 4 rings (SSSR count). The van der Waals surface area contributed by atoms with Gasteiger partial charge in [0.15, 0.2) is 5.84 Å². The summed E-state index contributed by atoms with van der Waals surface area (Å²) in [5.41, 5.74) is 1.55. The molecule has 0 saturated carbocycles. The molecule has 2 aliphatic heterocycles. The molecule has 1 aromatic heterocycles. The topological polar surface area (TPSA) is 81.8 Å². The Balaban J connectivity index is 1.69. The zero-order valence-electron chi connectivity index (χ0n) is 12.7. The van der Waals surface area contributed by atoms with Gasteiger partial charge in [0, 0.05) is 18.0 Å². The number of hydrazone groups is 1. The molecule has 1 amide bonds. The van der Waals surface area contributed by atoms with Crippen molar-refractivity contribution < 1.29 is 9.18 Å². The Morgan fingerprint density at radius 1 is 1.12 bits per heavy atom. The van der Waals surface area contributed by atoms with E-state index in [1.54, 1.807) is 24.5 Å². The van der Waals surface area contributed by atoms with Crippen molar-refractivity contribution in [2.75, 3.05) is 0 Å². The number of carbonyl (C=O) groups is 1. The number of benzene rings is 1. The summed E-state index contributed by atoms with van der Waals surface area (Å²) in [6.45, 7) is 0. The zero-order chi connectivity index (χ0) is 17.4. The fourth-order valence-electron chi connectivity index (χ4n) is 2.33. The first-order valence-corrected chi connectivity index (χ1v) is 8.10. The van der Waals surface area contributed by atoms with Crippen LogP contribution in [-0.2, 0) is 4.79 Å². The molecule has 0 radical (unpaired) electrons. The van der Waals surface area contributed by atoms with Gasteiger partial charge in [-0.05, 0) is 47.7 Å². The summed E-state index contributed by atoms with van der Waals surface area (Å²) in [4.78, 5) is 20.3. The molecule has 25 heavy (non-hydrogen) atoms. The molecule has 0 aliphatic carbocycles. The van der Waals surface area contributed by atoms with Crippen molar-refractivity contribution in [2.45, 2.75) is 0 Å². The number of rotatable bonds is 2. The number of hydrogen-bond acceptors (Lipinski definition) is 5. The van der Waals surface area contributed by atoms with Crippen molar-refractivity contribution in [2.24, 2.45) is 10.1 Å². The van der Waals surface area contributed by atoms with E-state index in [2.05, 4.69) is 15.1 Å². The van der Waals surface area contributed by atoms with E-state index in [1.807, 2.05) is 0 Å². The summed E-state index contributed by atoms with van der Waals surface area (Å²) in [5, 5.41) is 15.0. The lowest BCUT2D eigenvalue weighted by atomic mass is 10.1. The third kappa shape index (κ3) is 2.87. The minimum absolute atomic E-state index is 0.0594. The molecule has 0 fully saturated rings. The molecule has 122 valence electrons. The Bertz CT molecular complexity index is 966. The molecule has 2 aromatic rings. The molecule has 1 aromatic carbocycles. The molecule has 0 atom stereocenters. The molecule has 0 bridgehead atoms. The van der Waals surface area contributed by atoms with E-state index in [9.17, 15) is 9.18 Å². The van der Waals surface area contributed by atoms with E-state index >= 15 is 0 Å². The highest BCUT2D eigenvalue weighted by atomic mass is 32.2. The van der Waals surface area contributed by atoms with Crippen LogP contribution in [-0.4, -0.2) is 31.9 Å². The molecule has 0 unspecified atom stereocenters. The van der Waals surface area contributed by atoms with Crippen LogP contribution < -0.4 is 0 Å². The van der Waals surface area contributed by atoms with Gasteiger partial charge in [0.05, 0.1) is 5.57 Å². The standard InChI is InChI=1S/C17H10FN5OS/c18-12-3-1-10(2-4-12)9-13-14(19)23-17(21-15(13)24)25-16(22-23)11-5-7-20-8-6-11/h1-9,19H/b13-9-,19-14?. The molecule has 0 saturated heterocycles. The first kappa shape index (κ1) is 15.4.